The molecule has 0 radical (unpaired) electrons. The summed E-state index contributed by atoms with van der Waals surface area (Å²) in [5, 5.41) is 6.88. The van der Waals surface area contributed by atoms with Crippen molar-refractivity contribution >= 4 is 17.5 Å². The van der Waals surface area contributed by atoms with Crippen molar-refractivity contribution in [2.24, 2.45) is 0 Å². The number of benzene rings is 2. The van der Waals surface area contributed by atoms with E-state index in [9.17, 15) is 14.0 Å². The highest BCUT2D eigenvalue weighted by atomic mass is 19.1. The number of amides is 2. The van der Waals surface area contributed by atoms with Crippen molar-refractivity contribution in [3.8, 4) is 5.69 Å². The van der Waals surface area contributed by atoms with Gasteiger partial charge in [0.25, 0.3) is 5.91 Å². The Morgan fingerprint density at radius 2 is 2.04 bits per heavy atom. The van der Waals surface area contributed by atoms with Gasteiger partial charge in [-0.05, 0) is 36.2 Å². The van der Waals surface area contributed by atoms with Crippen LogP contribution in [0.3, 0.4) is 0 Å². The molecule has 0 bridgehead atoms. The molecule has 1 saturated heterocycles. The molecule has 7 heteroatoms. The van der Waals surface area contributed by atoms with Crippen molar-refractivity contribution in [3.05, 3.63) is 77.9 Å². The minimum atomic E-state index is -0.396. The normalized spacial score (nSPS) is 13.8. The first-order valence-electron chi connectivity index (χ1n) is 9.08. The average Bonchev–Trinajstić information content (AvgIpc) is 3.32. The Labute approximate surface area is 161 Å². The highest BCUT2D eigenvalue weighted by Crippen LogP contribution is 2.18. The molecule has 0 spiro atoms. The topological polar surface area (TPSA) is 67.2 Å². The van der Waals surface area contributed by atoms with Crippen LogP contribution < -0.4 is 5.32 Å². The zero-order valence-electron chi connectivity index (χ0n) is 15.1. The van der Waals surface area contributed by atoms with Gasteiger partial charge >= 0.3 is 0 Å². The molecule has 0 atom stereocenters. The minimum absolute atomic E-state index is 0.149. The molecule has 142 valence electrons. The van der Waals surface area contributed by atoms with Crippen LogP contribution in [-0.2, 0) is 11.3 Å². The van der Waals surface area contributed by atoms with Crippen LogP contribution in [0.5, 0.6) is 0 Å². The molecular formula is C21H19FN4O2. The predicted molar refractivity (Wildman–Crippen MR) is 103 cm³/mol. The van der Waals surface area contributed by atoms with Gasteiger partial charge in [-0.1, -0.05) is 24.3 Å². The van der Waals surface area contributed by atoms with Crippen molar-refractivity contribution in [3.63, 3.8) is 0 Å². The quantitative estimate of drug-likeness (QED) is 0.740. The van der Waals surface area contributed by atoms with Gasteiger partial charge in [0, 0.05) is 25.1 Å². The van der Waals surface area contributed by atoms with Crippen molar-refractivity contribution in [1.82, 2.24) is 14.7 Å². The van der Waals surface area contributed by atoms with Crippen molar-refractivity contribution in [2.75, 3.05) is 11.9 Å². The van der Waals surface area contributed by atoms with Gasteiger partial charge in [-0.2, -0.15) is 5.10 Å². The molecule has 6 nitrogen and oxygen atoms in total. The number of anilines is 1. The zero-order valence-corrected chi connectivity index (χ0v) is 15.1. The van der Waals surface area contributed by atoms with E-state index in [0.29, 0.717) is 29.9 Å². The number of halogens is 1. The van der Waals surface area contributed by atoms with Crippen LogP contribution in [-0.4, -0.2) is 33.0 Å². The number of nitrogens with one attached hydrogen (secondary N) is 1. The first kappa shape index (κ1) is 17.9. The van der Waals surface area contributed by atoms with E-state index >= 15 is 0 Å². The van der Waals surface area contributed by atoms with E-state index in [1.54, 1.807) is 47.5 Å². The van der Waals surface area contributed by atoms with Crippen molar-refractivity contribution in [2.45, 2.75) is 19.4 Å². The van der Waals surface area contributed by atoms with E-state index in [4.69, 9.17) is 0 Å². The molecule has 0 aliphatic carbocycles. The highest BCUT2D eigenvalue weighted by molar-refractivity contribution is 6.04. The average molecular weight is 378 g/mol. The van der Waals surface area contributed by atoms with Crippen LogP contribution in [0, 0.1) is 5.82 Å². The lowest BCUT2D eigenvalue weighted by Crippen LogP contribution is -2.24. The molecule has 3 aromatic rings. The Kier molecular flexibility index (Phi) is 4.89. The Morgan fingerprint density at radius 3 is 2.82 bits per heavy atom. The lowest BCUT2D eigenvalue weighted by molar-refractivity contribution is -0.128. The summed E-state index contributed by atoms with van der Waals surface area (Å²) in [7, 11) is 0. The van der Waals surface area contributed by atoms with Crippen molar-refractivity contribution < 1.29 is 14.0 Å². The van der Waals surface area contributed by atoms with Crippen LogP contribution in [0.1, 0.15) is 28.8 Å². The summed E-state index contributed by atoms with van der Waals surface area (Å²) in [5.74, 6) is -0.536. The van der Waals surface area contributed by atoms with Crippen LogP contribution in [0.2, 0.25) is 0 Å². The first-order valence-corrected chi connectivity index (χ1v) is 9.08. The Bertz CT molecular complexity index is 1030. The maximum atomic E-state index is 13.9. The number of nitrogens with zero attached hydrogens (tertiary/aromatic N) is 3. The van der Waals surface area contributed by atoms with E-state index in [0.717, 1.165) is 18.5 Å². The Morgan fingerprint density at radius 1 is 1.18 bits per heavy atom. The number of hydrogen-bond donors (Lipinski definition) is 1. The van der Waals surface area contributed by atoms with Gasteiger partial charge in [-0.3, -0.25) is 9.59 Å². The first-order chi connectivity index (χ1) is 13.6. The molecule has 0 saturated carbocycles. The summed E-state index contributed by atoms with van der Waals surface area (Å²) in [6, 6.07) is 13.5. The summed E-state index contributed by atoms with van der Waals surface area (Å²) in [5.41, 5.74) is 2.17. The molecule has 1 aromatic heterocycles. The van der Waals surface area contributed by atoms with E-state index in [1.807, 2.05) is 6.07 Å². The summed E-state index contributed by atoms with van der Waals surface area (Å²) >= 11 is 0. The van der Waals surface area contributed by atoms with Crippen LogP contribution in [0.4, 0.5) is 10.1 Å². The Hall–Kier alpha value is -3.48. The number of hydrogen-bond acceptors (Lipinski definition) is 3. The fraction of sp³-hybridized carbons (Fsp3) is 0.190. The summed E-state index contributed by atoms with van der Waals surface area (Å²) in [4.78, 5) is 26.2. The second-order valence-electron chi connectivity index (χ2n) is 6.70. The monoisotopic (exact) mass is 378 g/mol. The molecule has 1 fully saturated rings. The number of rotatable bonds is 5. The van der Waals surface area contributed by atoms with Crippen molar-refractivity contribution in [1.29, 1.82) is 0 Å². The molecule has 4 rings (SSSR count). The zero-order chi connectivity index (χ0) is 19.5. The van der Waals surface area contributed by atoms with Crippen LogP contribution >= 0.6 is 0 Å². The number of aromatic nitrogens is 2. The number of para-hydroxylation sites is 1. The molecule has 28 heavy (non-hydrogen) atoms. The molecule has 1 N–H and O–H groups in total. The summed E-state index contributed by atoms with van der Waals surface area (Å²) in [6.45, 7) is 1.26. The minimum Gasteiger partial charge on any atom is -0.338 e. The SMILES string of the molecule is O=C(Nc1cnn(-c2ccccc2F)c1)c1cccc(CN2CCCC2=O)c1. The number of carbonyl (C=O) groups is 2. The van der Waals surface area contributed by atoms with Gasteiger partial charge < -0.3 is 10.2 Å². The van der Waals surface area contributed by atoms with Gasteiger partial charge in [0.2, 0.25) is 5.91 Å². The number of carbonyl (C=O) groups excluding carboxylic acids is 2. The third-order valence-corrected chi connectivity index (χ3v) is 4.67. The fourth-order valence-electron chi connectivity index (χ4n) is 3.26. The molecular weight excluding hydrogens is 359 g/mol. The Balaban J connectivity index is 1.46. The van der Waals surface area contributed by atoms with Gasteiger partial charge in [-0.25, -0.2) is 9.07 Å². The molecule has 2 amide bonds. The van der Waals surface area contributed by atoms with Gasteiger partial charge in [0.05, 0.1) is 18.1 Å². The smallest absolute Gasteiger partial charge is 0.255 e. The van der Waals surface area contributed by atoms with Gasteiger partial charge in [0.1, 0.15) is 11.5 Å². The summed E-state index contributed by atoms with van der Waals surface area (Å²) < 4.78 is 15.3. The molecule has 0 unspecified atom stereocenters. The third kappa shape index (κ3) is 3.78. The van der Waals surface area contributed by atoms with E-state index < -0.39 is 5.82 Å². The largest absolute Gasteiger partial charge is 0.338 e. The van der Waals surface area contributed by atoms with E-state index in [-0.39, 0.29) is 11.8 Å². The van der Waals surface area contributed by atoms with Crippen LogP contribution in [0.25, 0.3) is 5.69 Å². The maximum Gasteiger partial charge on any atom is 0.255 e. The van der Waals surface area contributed by atoms with E-state index in [1.165, 1.54) is 16.9 Å². The van der Waals surface area contributed by atoms with Crippen LogP contribution in [0.15, 0.2) is 60.9 Å². The fourth-order valence-corrected chi connectivity index (χ4v) is 3.26. The van der Waals surface area contributed by atoms with E-state index in [2.05, 4.69) is 10.4 Å². The third-order valence-electron chi connectivity index (χ3n) is 4.67. The molecule has 1 aliphatic heterocycles. The highest BCUT2D eigenvalue weighted by Gasteiger charge is 2.20. The molecule has 2 aromatic carbocycles. The summed E-state index contributed by atoms with van der Waals surface area (Å²) in [6.07, 6.45) is 4.50. The van der Waals surface area contributed by atoms with Gasteiger partial charge in [-0.15, -0.1) is 0 Å². The second kappa shape index (κ2) is 7.64. The maximum absolute atomic E-state index is 13.9. The molecule has 1 aliphatic rings. The predicted octanol–water partition coefficient (Wildman–Crippen LogP) is 3.39. The lowest BCUT2D eigenvalue weighted by Gasteiger charge is -2.15. The lowest BCUT2D eigenvalue weighted by atomic mass is 10.1. The number of likely N-dealkylation sites (tertiary alicyclic amines) is 1. The second-order valence-corrected chi connectivity index (χ2v) is 6.70. The standard InChI is InChI=1S/C21H19FN4O2/c22-18-7-1-2-8-19(18)26-14-17(12-23-26)24-21(28)16-6-3-5-15(11-16)13-25-10-4-9-20(25)27/h1-3,5-8,11-12,14H,4,9-10,13H2,(H,24,28). The molecule has 2 heterocycles. The van der Waals surface area contributed by atoms with Gasteiger partial charge in [0.15, 0.2) is 0 Å².